The van der Waals surface area contributed by atoms with Crippen molar-refractivity contribution in [2.75, 3.05) is 13.7 Å². The number of benzene rings is 1. The lowest BCUT2D eigenvalue weighted by molar-refractivity contribution is -0.137. The van der Waals surface area contributed by atoms with Gasteiger partial charge in [0.05, 0.1) is 12.2 Å². The standard InChI is InChI=1S/C20H25NO4/c1-3-24-19(22)12-10-16-17-11-9-15(21(17)2)13-18(16)25-20(23)14-7-5-4-6-8-14/h4-8,10,12,15-18H,3,9,11,13H2,1-2H3/b12-10+/t15?,16-,17?,18+/m1/s1. The molecule has 134 valence electrons. The first-order valence-corrected chi connectivity index (χ1v) is 8.93. The molecular formula is C20H25NO4. The van der Waals surface area contributed by atoms with E-state index in [2.05, 4.69) is 11.9 Å². The highest BCUT2D eigenvalue weighted by molar-refractivity contribution is 5.89. The summed E-state index contributed by atoms with van der Waals surface area (Å²) < 4.78 is 10.8. The van der Waals surface area contributed by atoms with Crippen LogP contribution in [0.25, 0.3) is 0 Å². The monoisotopic (exact) mass is 343 g/mol. The number of piperidine rings is 1. The zero-order chi connectivity index (χ0) is 17.8. The number of esters is 2. The van der Waals surface area contributed by atoms with Crippen molar-refractivity contribution in [2.45, 2.75) is 44.4 Å². The minimum atomic E-state index is -0.349. The third kappa shape index (κ3) is 3.93. The molecule has 2 saturated heterocycles. The van der Waals surface area contributed by atoms with Gasteiger partial charge in [-0.3, -0.25) is 4.90 Å². The lowest BCUT2D eigenvalue weighted by atomic mass is 9.87. The summed E-state index contributed by atoms with van der Waals surface area (Å²) in [5, 5.41) is 0. The van der Waals surface area contributed by atoms with Crippen LogP contribution in [-0.4, -0.2) is 48.7 Å². The van der Waals surface area contributed by atoms with Gasteiger partial charge in [0.25, 0.3) is 0 Å². The molecule has 3 rings (SSSR count). The van der Waals surface area contributed by atoms with Crippen molar-refractivity contribution in [3.05, 3.63) is 48.0 Å². The van der Waals surface area contributed by atoms with Crippen molar-refractivity contribution in [3.8, 4) is 0 Å². The topological polar surface area (TPSA) is 55.8 Å². The van der Waals surface area contributed by atoms with Crippen molar-refractivity contribution in [1.82, 2.24) is 4.90 Å². The molecule has 1 aromatic carbocycles. The number of rotatable bonds is 5. The van der Waals surface area contributed by atoms with E-state index in [1.54, 1.807) is 19.1 Å². The van der Waals surface area contributed by atoms with Crippen molar-refractivity contribution in [3.63, 3.8) is 0 Å². The zero-order valence-corrected chi connectivity index (χ0v) is 14.8. The summed E-state index contributed by atoms with van der Waals surface area (Å²) in [4.78, 5) is 26.5. The predicted octanol–water partition coefficient (Wildman–Crippen LogP) is 2.81. The SMILES string of the molecule is CCOC(=O)/C=C/[C@@H]1C2CCC(C[C@@H]1OC(=O)c1ccccc1)N2C. The van der Waals surface area contributed by atoms with Crippen molar-refractivity contribution in [2.24, 2.45) is 5.92 Å². The fourth-order valence-electron chi connectivity index (χ4n) is 4.00. The van der Waals surface area contributed by atoms with Crippen LogP contribution in [0, 0.1) is 5.92 Å². The van der Waals surface area contributed by atoms with Crippen LogP contribution in [0.15, 0.2) is 42.5 Å². The van der Waals surface area contributed by atoms with Crippen LogP contribution >= 0.6 is 0 Å². The molecule has 0 aliphatic carbocycles. The largest absolute Gasteiger partial charge is 0.463 e. The third-order valence-electron chi connectivity index (χ3n) is 5.28. The third-order valence-corrected chi connectivity index (χ3v) is 5.28. The molecule has 0 N–H and O–H groups in total. The molecule has 0 aromatic heterocycles. The van der Waals surface area contributed by atoms with E-state index >= 15 is 0 Å². The molecule has 2 aliphatic heterocycles. The smallest absolute Gasteiger partial charge is 0.338 e. The van der Waals surface area contributed by atoms with E-state index in [4.69, 9.17) is 9.47 Å². The van der Waals surface area contributed by atoms with Gasteiger partial charge in [0, 0.05) is 30.5 Å². The Labute approximate surface area is 148 Å². The maximum absolute atomic E-state index is 12.5. The highest BCUT2D eigenvalue weighted by Crippen LogP contribution is 2.40. The van der Waals surface area contributed by atoms with E-state index in [1.807, 2.05) is 24.3 Å². The molecule has 2 unspecified atom stereocenters. The van der Waals surface area contributed by atoms with Crippen LogP contribution in [0.5, 0.6) is 0 Å². The van der Waals surface area contributed by atoms with E-state index in [-0.39, 0.29) is 30.0 Å². The highest BCUT2D eigenvalue weighted by Gasteiger charge is 2.46. The molecule has 0 radical (unpaired) electrons. The average molecular weight is 343 g/mol. The van der Waals surface area contributed by atoms with E-state index in [1.165, 1.54) is 6.08 Å². The Morgan fingerprint density at radius 2 is 2.00 bits per heavy atom. The van der Waals surface area contributed by atoms with Crippen LogP contribution < -0.4 is 0 Å². The number of carbonyl (C=O) groups excluding carboxylic acids is 2. The number of hydrogen-bond acceptors (Lipinski definition) is 5. The molecule has 0 saturated carbocycles. The van der Waals surface area contributed by atoms with Crippen molar-refractivity contribution < 1.29 is 19.1 Å². The van der Waals surface area contributed by atoms with E-state index in [0.717, 1.165) is 19.3 Å². The van der Waals surface area contributed by atoms with Gasteiger partial charge in [0.15, 0.2) is 0 Å². The Morgan fingerprint density at radius 1 is 1.24 bits per heavy atom. The van der Waals surface area contributed by atoms with Crippen LogP contribution in [0.2, 0.25) is 0 Å². The molecule has 2 bridgehead atoms. The van der Waals surface area contributed by atoms with Crippen LogP contribution in [0.1, 0.15) is 36.5 Å². The molecule has 2 heterocycles. The van der Waals surface area contributed by atoms with Crippen LogP contribution in [0.4, 0.5) is 0 Å². The summed E-state index contributed by atoms with van der Waals surface area (Å²) in [6.45, 7) is 2.14. The summed E-state index contributed by atoms with van der Waals surface area (Å²) in [5.74, 6) is -0.650. The number of ether oxygens (including phenoxy) is 2. The summed E-state index contributed by atoms with van der Waals surface area (Å²) in [5.41, 5.74) is 0.557. The lowest BCUT2D eigenvalue weighted by Crippen LogP contribution is -2.49. The maximum atomic E-state index is 12.5. The first kappa shape index (κ1) is 17.7. The Morgan fingerprint density at radius 3 is 2.72 bits per heavy atom. The Balaban J connectivity index is 1.75. The maximum Gasteiger partial charge on any atom is 0.338 e. The summed E-state index contributed by atoms with van der Waals surface area (Å²) >= 11 is 0. The van der Waals surface area contributed by atoms with Gasteiger partial charge in [-0.15, -0.1) is 0 Å². The fourth-order valence-corrected chi connectivity index (χ4v) is 4.00. The average Bonchev–Trinajstić information content (AvgIpc) is 2.86. The number of fused-ring (bicyclic) bond motifs is 2. The zero-order valence-electron chi connectivity index (χ0n) is 14.8. The Hall–Kier alpha value is -2.14. The lowest BCUT2D eigenvalue weighted by Gasteiger charge is -2.41. The molecule has 4 atom stereocenters. The second-order valence-corrected chi connectivity index (χ2v) is 6.70. The fraction of sp³-hybridized carbons (Fsp3) is 0.500. The first-order valence-electron chi connectivity index (χ1n) is 8.93. The van der Waals surface area contributed by atoms with Gasteiger partial charge in [-0.2, -0.15) is 0 Å². The normalized spacial score (nSPS) is 28.9. The van der Waals surface area contributed by atoms with Crippen LogP contribution in [-0.2, 0) is 14.3 Å². The summed E-state index contributed by atoms with van der Waals surface area (Å²) in [7, 11) is 2.11. The highest BCUT2D eigenvalue weighted by atomic mass is 16.5. The van der Waals surface area contributed by atoms with Gasteiger partial charge >= 0.3 is 11.9 Å². The van der Waals surface area contributed by atoms with Crippen molar-refractivity contribution in [1.29, 1.82) is 0 Å². The Bertz CT molecular complexity index is 642. The summed E-state index contributed by atoms with van der Waals surface area (Å²) in [6, 6.07) is 9.77. The van der Waals surface area contributed by atoms with Gasteiger partial charge in [-0.1, -0.05) is 24.3 Å². The van der Waals surface area contributed by atoms with E-state index in [0.29, 0.717) is 18.2 Å². The Kier molecular flexibility index (Phi) is 5.53. The molecule has 2 aliphatic rings. The second-order valence-electron chi connectivity index (χ2n) is 6.70. The molecule has 0 amide bonds. The van der Waals surface area contributed by atoms with Crippen molar-refractivity contribution >= 4 is 11.9 Å². The first-order chi connectivity index (χ1) is 12.1. The molecule has 1 aromatic rings. The number of hydrogen-bond donors (Lipinski definition) is 0. The van der Waals surface area contributed by atoms with Gasteiger partial charge in [0.2, 0.25) is 0 Å². The number of nitrogens with zero attached hydrogens (tertiary/aromatic N) is 1. The summed E-state index contributed by atoms with van der Waals surface area (Å²) in [6.07, 6.45) is 6.08. The molecule has 0 spiro atoms. The van der Waals surface area contributed by atoms with Crippen LogP contribution in [0.3, 0.4) is 0 Å². The van der Waals surface area contributed by atoms with E-state index < -0.39 is 0 Å². The number of carbonyl (C=O) groups is 2. The van der Waals surface area contributed by atoms with Gasteiger partial charge in [-0.25, -0.2) is 9.59 Å². The molecule has 5 nitrogen and oxygen atoms in total. The molecule has 5 heteroatoms. The van der Waals surface area contributed by atoms with E-state index in [9.17, 15) is 9.59 Å². The minimum Gasteiger partial charge on any atom is -0.463 e. The second kappa shape index (κ2) is 7.83. The quantitative estimate of drug-likeness (QED) is 0.608. The van der Waals surface area contributed by atoms with Gasteiger partial charge in [-0.05, 0) is 38.9 Å². The predicted molar refractivity (Wildman–Crippen MR) is 94.1 cm³/mol. The molecular weight excluding hydrogens is 318 g/mol. The molecule has 25 heavy (non-hydrogen) atoms. The van der Waals surface area contributed by atoms with Gasteiger partial charge < -0.3 is 9.47 Å². The molecule has 2 fully saturated rings. The van der Waals surface area contributed by atoms with Gasteiger partial charge in [0.1, 0.15) is 6.10 Å². The minimum absolute atomic E-state index is 0.000758.